The minimum atomic E-state index is 0.280. The molecule has 2 nitrogen and oxygen atoms in total. The summed E-state index contributed by atoms with van der Waals surface area (Å²) < 4.78 is 0. The largest absolute Gasteiger partial charge is 0.343 e. The first kappa shape index (κ1) is 18.2. The number of thiophene rings is 1. The third-order valence-electron chi connectivity index (χ3n) is 3.92. The first-order valence-electron chi connectivity index (χ1n) is 8.58. The van der Waals surface area contributed by atoms with Crippen molar-refractivity contribution in [3.8, 4) is 0 Å². The monoisotopic (exact) mass is 309 g/mol. The summed E-state index contributed by atoms with van der Waals surface area (Å²) in [7, 11) is 0. The smallest absolute Gasteiger partial charge is 0.227 e. The molecule has 1 aromatic heterocycles. The Hall–Kier alpha value is -0.830. The molecule has 1 rings (SSSR count). The van der Waals surface area contributed by atoms with Crippen molar-refractivity contribution in [1.82, 2.24) is 4.90 Å². The Morgan fingerprint density at radius 3 is 2.29 bits per heavy atom. The normalized spacial score (nSPS) is 10.8. The van der Waals surface area contributed by atoms with Crippen LogP contribution in [0.15, 0.2) is 17.5 Å². The van der Waals surface area contributed by atoms with Gasteiger partial charge in [0.1, 0.15) is 0 Å². The molecule has 0 N–H and O–H groups in total. The molecule has 0 aliphatic rings. The van der Waals surface area contributed by atoms with Gasteiger partial charge >= 0.3 is 0 Å². The number of amides is 1. The fourth-order valence-electron chi connectivity index (χ4n) is 2.57. The van der Waals surface area contributed by atoms with Gasteiger partial charge in [0.2, 0.25) is 5.91 Å². The van der Waals surface area contributed by atoms with Crippen LogP contribution >= 0.6 is 11.3 Å². The molecular weight excluding hydrogens is 278 g/mol. The van der Waals surface area contributed by atoms with Crippen molar-refractivity contribution in [2.24, 2.45) is 0 Å². The van der Waals surface area contributed by atoms with E-state index in [4.69, 9.17) is 0 Å². The molecule has 0 aliphatic heterocycles. The lowest BCUT2D eigenvalue weighted by molar-refractivity contribution is -0.130. The molecule has 0 aliphatic carbocycles. The van der Waals surface area contributed by atoms with E-state index in [1.54, 1.807) is 11.3 Å². The number of likely N-dealkylation sites (N-methyl/N-ethyl adjacent to an activating group) is 1. The Kier molecular flexibility index (Phi) is 10.2. The minimum absolute atomic E-state index is 0.280. The van der Waals surface area contributed by atoms with Gasteiger partial charge in [-0.05, 0) is 24.8 Å². The topological polar surface area (TPSA) is 20.3 Å². The maximum Gasteiger partial charge on any atom is 0.227 e. The zero-order valence-electron chi connectivity index (χ0n) is 13.8. The standard InChI is InChI=1S/C18H31NOS/c1-3-5-6-7-8-9-10-11-14-19(4-2)18(20)16-17-13-12-15-21-17/h12-13,15H,3-11,14,16H2,1-2H3. The van der Waals surface area contributed by atoms with E-state index in [1.165, 1.54) is 49.8 Å². The van der Waals surface area contributed by atoms with Crippen molar-refractivity contribution in [3.63, 3.8) is 0 Å². The van der Waals surface area contributed by atoms with Crippen LogP contribution in [-0.2, 0) is 11.2 Å². The molecule has 0 saturated carbocycles. The van der Waals surface area contributed by atoms with Crippen molar-refractivity contribution in [2.45, 2.75) is 71.6 Å². The average Bonchev–Trinajstić information content (AvgIpc) is 2.98. The summed E-state index contributed by atoms with van der Waals surface area (Å²) >= 11 is 1.67. The van der Waals surface area contributed by atoms with Crippen molar-refractivity contribution < 1.29 is 4.79 Å². The number of carbonyl (C=O) groups is 1. The minimum Gasteiger partial charge on any atom is -0.343 e. The molecule has 0 unspecified atom stereocenters. The van der Waals surface area contributed by atoms with E-state index < -0.39 is 0 Å². The van der Waals surface area contributed by atoms with Crippen LogP contribution < -0.4 is 0 Å². The summed E-state index contributed by atoms with van der Waals surface area (Å²) in [4.78, 5) is 15.4. The van der Waals surface area contributed by atoms with Crippen molar-refractivity contribution in [1.29, 1.82) is 0 Å². The van der Waals surface area contributed by atoms with E-state index in [0.29, 0.717) is 6.42 Å². The van der Waals surface area contributed by atoms with Crippen molar-refractivity contribution in [2.75, 3.05) is 13.1 Å². The molecule has 0 atom stereocenters. The highest BCUT2D eigenvalue weighted by Crippen LogP contribution is 2.12. The van der Waals surface area contributed by atoms with Gasteiger partial charge < -0.3 is 4.90 Å². The lowest BCUT2D eigenvalue weighted by Crippen LogP contribution is -2.32. The van der Waals surface area contributed by atoms with Crippen LogP contribution in [0.4, 0.5) is 0 Å². The summed E-state index contributed by atoms with van der Waals surface area (Å²) in [6, 6.07) is 4.06. The van der Waals surface area contributed by atoms with E-state index >= 15 is 0 Å². The number of hydrogen-bond acceptors (Lipinski definition) is 2. The zero-order valence-corrected chi connectivity index (χ0v) is 14.6. The molecule has 0 spiro atoms. The second-order valence-corrected chi connectivity index (χ2v) is 6.74. The van der Waals surface area contributed by atoms with E-state index in [1.807, 2.05) is 22.4 Å². The lowest BCUT2D eigenvalue weighted by atomic mass is 10.1. The third-order valence-corrected chi connectivity index (χ3v) is 4.80. The Morgan fingerprint density at radius 2 is 1.71 bits per heavy atom. The van der Waals surface area contributed by atoms with Crippen LogP contribution in [-0.4, -0.2) is 23.9 Å². The van der Waals surface area contributed by atoms with Crippen molar-refractivity contribution in [3.05, 3.63) is 22.4 Å². The molecule has 1 amide bonds. The molecule has 1 heterocycles. The van der Waals surface area contributed by atoms with E-state index in [9.17, 15) is 4.79 Å². The molecule has 3 heteroatoms. The highest BCUT2D eigenvalue weighted by Gasteiger charge is 2.12. The van der Waals surface area contributed by atoms with Crippen LogP contribution in [0.25, 0.3) is 0 Å². The molecule has 1 aromatic rings. The van der Waals surface area contributed by atoms with Crippen LogP contribution in [0, 0.1) is 0 Å². The Bertz CT molecular complexity index is 361. The van der Waals surface area contributed by atoms with Gasteiger partial charge in [-0.1, -0.05) is 57.9 Å². The third kappa shape index (κ3) is 8.25. The number of unbranched alkanes of at least 4 members (excludes halogenated alkanes) is 7. The summed E-state index contributed by atoms with van der Waals surface area (Å²) in [5.41, 5.74) is 0. The van der Waals surface area contributed by atoms with Gasteiger partial charge in [0.15, 0.2) is 0 Å². The molecule has 0 bridgehead atoms. The summed E-state index contributed by atoms with van der Waals surface area (Å²) in [6.45, 7) is 6.10. The van der Waals surface area contributed by atoms with Gasteiger partial charge in [0, 0.05) is 18.0 Å². The summed E-state index contributed by atoms with van der Waals surface area (Å²) in [6.07, 6.45) is 11.1. The Labute approximate surface area is 134 Å². The van der Waals surface area contributed by atoms with Crippen molar-refractivity contribution >= 4 is 17.2 Å². The molecule has 0 radical (unpaired) electrons. The molecule has 0 fully saturated rings. The maximum absolute atomic E-state index is 12.2. The molecule has 120 valence electrons. The molecular formula is C18H31NOS. The average molecular weight is 310 g/mol. The summed E-state index contributed by atoms with van der Waals surface area (Å²) in [5, 5.41) is 2.04. The van der Waals surface area contributed by atoms with Gasteiger partial charge in [0.25, 0.3) is 0 Å². The lowest BCUT2D eigenvalue weighted by Gasteiger charge is -2.20. The second kappa shape index (κ2) is 11.8. The fourth-order valence-corrected chi connectivity index (χ4v) is 3.27. The van der Waals surface area contributed by atoms with Gasteiger partial charge in [-0.25, -0.2) is 0 Å². The number of hydrogen-bond donors (Lipinski definition) is 0. The first-order valence-corrected chi connectivity index (χ1v) is 9.46. The highest BCUT2D eigenvalue weighted by molar-refractivity contribution is 7.10. The van der Waals surface area contributed by atoms with Gasteiger partial charge in [-0.2, -0.15) is 0 Å². The van der Waals surface area contributed by atoms with Crippen LogP contribution in [0.2, 0.25) is 0 Å². The van der Waals surface area contributed by atoms with E-state index in [0.717, 1.165) is 19.5 Å². The highest BCUT2D eigenvalue weighted by atomic mass is 32.1. The van der Waals surface area contributed by atoms with Crippen LogP contribution in [0.5, 0.6) is 0 Å². The van der Waals surface area contributed by atoms with Gasteiger partial charge in [-0.15, -0.1) is 11.3 Å². The molecule has 0 aromatic carbocycles. The quantitative estimate of drug-likeness (QED) is 0.481. The predicted molar refractivity (Wildman–Crippen MR) is 92.9 cm³/mol. The van der Waals surface area contributed by atoms with Gasteiger partial charge in [-0.3, -0.25) is 4.79 Å². The first-order chi connectivity index (χ1) is 10.3. The number of rotatable bonds is 12. The number of carbonyl (C=O) groups excluding carboxylic acids is 1. The summed E-state index contributed by atoms with van der Waals surface area (Å²) in [5.74, 6) is 0.280. The van der Waals surface area contributed by atoms with Gasteiger partial charge in [0.05, 0.1) is 6.42 Å². The maximum atomic E-state index is 12.2. The van der Waals surface area contributed by atoms with E-state index in [-0.39, 0.29) is 5.91 Å². The molecule has 21 heavy (non-hydrogen) atoms. The van der Waals surface area contributed by atoms with E-state index in [2.05, 4.69) is 13.8 Å². The second-order valence-electron chi connectivity index (χ2n) is 5.70. The Morgan fingerprint density at radius 1 is 1.05 bits per heavy atom. The molecule has 0 saturated heterocycles. The SMILES string of the molecule is CCCCCCCCCCN(CC)C(=O)Cc1cccs1. The van der Waals surface area contributed by atoms with Crippen LogP contribution in [0.3, 0.4) is 0 Å². The fraction of sp³-hybridized carbons (Fsp3) is 0.722. The Balaban J connectivity index is 2.09. The van der Waals surface area contributed by atoms with Crippen LogP contribution in [0.1, 0.15) is 70.1 Å². The zero-order chi connectivity index (χ0) is 15.3. The number of nitrogens with zero attached hydrogens (tertiary/aromatic N) is 1. The predicted octanol–water partition coefficient (Wildman–Crippen LogP) is 5.28.